The van der Waals surface area contributed by atoms with Crippen LogP contribution in [0.1, 0.15) is 23.3 Å². The average molecular weight is 251 g/mol. The smallest absolute Gasteiger partial charge is 0.126 e. The first-order valence-corrected chi connectivity index (χ1v) is 6.00. The van der Waals surface area contributed by atoms with Crippen molar-refractivity contribution in [2.45, 2.75) is 13.0 Å². The number of aromatic nitrogens is 4. The first-order chi connectivity index (χ1) is 9.25. The van der Waals surface area contributed by atoms with Gasteiger partial charge in [-0.3, -0.25) is 9.97 Å². The molecule has 0 bridgehead atoms. The molecule has 2 heterocycles. The lowest BCUT2D eigenvalue weighted by Gasteiger charge is -2.13. The van der Waals surface area contributed by atoms with Crippen LogP contribution in [0.15, 0.2) is 42.9 Å². The second-order valence-corrected chi connectivity index (χ2v) is 4.28. The number of fused-ring (bicyclic) bond motifs is 1. The molecule has 0 aliphatic heterocycles. The van der Waals surface area contributed by atoms with Gasteiger partial charge in [-0.05, 0) is 13.0 Å². The molecule has 0 aliphatic carbocycles. The number of hydrogen-bond donors (Lipinski definition) is 1. The molecule has 2 N–H and O–H groups in total. The minimum Gasteiger partial charge on any atom is -0.318 e. The van der Waals surface area contributed by atoms with Crippen LogP contribution in [-0.2, 0) is 0 Å². The van der Waals surface area contributed by atoms with Gasteiger partial charge in [-0.2, -0.15) is 0 Å². The zero-order chi connectivity index (χ0) is 13.2. The molecule has 5 nitrogen and oxygen atoms in total. The standard InChI is InChI=1S/C14H13N5/c1-9-18-11-5-3-2-4-10(11)14(19-9)13(15)12-8-16-6-7-17-12/h2-8,13H,15H2,1H3. The number of hydrogen-bond acceptors (Lipinski definition) is 5. The Morgan fingerprint density at radius 1 is 1.11 bits per heavy atom. The summed E-state index contributed by atoms with van der Waals surface area (Å²) in [6.45, 7) is 1.86. The predicted octanol–water partition coefficient (Wildman–Crippen LogP) is 1.78. The number of para-hydroxylation sites is 1. The van der Waals surface area contributed by atoms with Gasteiger partial charge >= 0.3 is 0 Å². The van der Waals surface area contributed by atoms with Crippen LogP contribution in [0.5, 0.6) is 0 Å². The quantitative estimate of drug-likeness (QED) is 0.751. The van der Waals surface area contributed by atoms with Crippen molar-refractivity contribution in [3.8, 4) is 0 Å². The Labute approximate surface area is 110 Å². The van der Waals surface area contributed by atoms with Crippen LogP contribution in [0.4, 0.5) is 0 Å². The zero-order valence-corrected chi connectivity index (χ0v) is 10.5. The molecule has 0 saturated carbocycles. The van der Waals surface area contributed by atoms with Crippen LogP contribution < -0.4 is 5.73 Å². The molecule has 0 aliphatic rings. The molecule has 0 fully saturated rings. The molecule has 1 unspecified atom stereocenters. The van der Waals surface area contributed by atoms with Crippen LogP contribution >= 0.6 is 0 Å². The fourth-order valence-corrected chi connectivity index (χ4v) is 2.07. The molecule has 0 radical (unpaired) electrons. The van der Waals surface area contributed by atoms with E-state index in [1.165, 1.54) is 0 Å². The van der Waals surface area contributed by atoms with Gasteiger partial charge in [0.05, 0.1) is 29.1 Å². The molecule has 2 aromatic heterocycles. The Hall–Kier alpha value is -2.40. The van der Waals surface area contributed by atoms with Crippen molar-refractivity contribution in [2.24, 2.45) is 5.73 Å². The molecule has 0 spiro atoms. The monoisotopic (exact) mass is 251 g/mol. The van der Waals surface area contributed by atoms with Crippen molar-refractivity contribution in [3.05, 3.63) is 60.1 Å². The fourth-order valence-electron chi connectivity index (χ4n) is 2.07. The lowest BCUT2D eigenvalue weighted by atomic mass is 10.1. The third-order valence-electron chi connectivity index (χ3n) is 2.94. The Bertz CT molecular complexity index is 711. The van der Waals surface area contributed by atoms with Crippen LogP contribution in [0.25, 0.3) is 10.9 Å². The zero-order valence-electron chi connectivity index (χ0n) is 10.5. The largest absolute Gasteiger partial charge is 0.318 e. The van der Waals surface area contributed by atoms with Crippen LogP contribution in [0.3, 0.4) is 0 Å². The third kappa shape index (κ3) is 2.15. The van der Waals surface area contributed by atoms with Crippen LogP contribution in [-0.4, -0.2) is 19.9 Å². The summed E-state index contributed by atoms with van der Waals surface area (Å²) in [6.07, 6.45) is 4.92. The maximum Gasteiger partial charge on any atom is 0.126 e. The predicted molar refractivity (Wildman–Crippen MR) is 72.3 cm³/mol. The Kier molecular flexibility index (Phi) is 2.89. The summed E-state index contributed by atoms with van der Waals surface area (Å²) in [7, 11) is 0. The second-order valence-electron chi connectivity index (χ2n) is 4.28. The van der Waals surface area contributed by atoms with Gasteiger partial charge in [-0.15, -0.1) is 0 Å². The molecule has 1 aromatic carbocycles. The highest BCUT2D eigenvalue weighted by Gasteiger charge is 2.16. The molecule has 3 rings (SSSR count). The highest BCUT2D eigenvalue weighted by Crippen LogP contribution is 2.23. The minimum atomic E-state index is -0.403. The summed E-state index contributed by atoms with van der Waals surface area (Å²) < 4.78 is 0. The molecular formula is C14H13N5. The maximum absolute atomic E-state index is 6.26. The number of aryl methyl sites for hydroxylation is 1. The fraction of sp³-hybridized carbons (Fsp3) is 0.143. The lowest BCUT2D eigenvalue weighted by Crippen LogP contribution is -2.16. The van der Waals surface area contributed by atoms with Crippen molar-refractivity contribution in [3.63, 3.8) is 0 Å². The topological polar surface area (TPSA) is 77.6 Å². The van der Waals surface area contributed by atoms with E-state index >= 15 is 0 Å². The normalized spacial score (nSPS) is 12.5. The molecular weight excluding hydrogens is 238 g/mol. The molecule has 0 saturated heterocycles. The van der Waals surface area contributed by atoms with Crippen LogP contribution in [0.2, 0.25) is 0 Å². The molecule has 19 heavy (non-hydrogen) atoms. The molecule has 3 aromatic rings. The first kappa shape index (κ1) is 11.7. The summed E-state index contributed by atoms with van der Waals surface area (Å²) in [4.78, 5) is 17.2. The van der Waals surface area contributed by atoms with Gasteiger partial charge < -0.3 is 5.73 Å². The Morgan fingerprint density at radius 3 is 2.74 bits per heavy atom. The molecule has 1 atom stereocenters. The maximum atomic E-state index is 6.26. The van der Waals surface area contributed by atoms with E-state index in [0.29, 0.717) is 11.5 Å². The van der Waals surface area contributed by atoms with Crippen molar-refractivity contribution < 1.29 is 0 Å². The van der Waals surface area contributed by atoms with E-state index in [1.807, 2.05) is 31.2 Å². The summed E-state index contributed by atoms with van der Waals surface area (Å²) >= 11 is 0. The van der Waals surface area contributed by atoms with E-state index in [2.05, 4.69) is 19.9 Å². The Balaban J connectivity index is 2.19. The van der Waals surface area contributed by atoms with E-state index in [9.17, 15) is 0 Å². The van der Waals surface area contributed by atoms with Gasteiger partial charge in [-0.25, -0.2) is 9.97 Å². The van der Waals surface area contributed by atoms with E-state index in [-0.39, 0.29) is 0 Å². The van der Waals surface area contributed by atoms with E-state index in [0.717, 1.165) is 16.6 Å². The van der Waals surface area contributed by atoms with Crippen molar-refractivity contribution in [2.75, 3.05) is 0 Å². The molecule has 5 heteroatoms. The molecule has 94 valence electrons. The first-order valence-electron chi connectivity index (χ1n) is 6.00. The minimum absolute atomic E-state index is 0.403. The average Bonchev–Trinajstić information content (AvgIpc) is 2.46. The number of nitrogens with two attached hydrogens (primary N) is 1. The van der Waals surface area contributed by atoms with Gasteiger partial charge in [0.2, 0.25) is 0 Å². The highest BCUT2D eigenvalue weighted by molar-refractivity contribution is 5.81. The lowest BCUT2D eigenvalue weighted by molar-refractivity contribution is 0.783. The summed E-state index contributed by atoms with van der Waals surface area (Å²) in [5.41, 5.74) is 8.63. The number of benzene rings is 1. The summed E-state index contributed by atoms with van der Waals surface area (Å²) in [5, 5.41) is 0.950. The highest BCUT2D eigenvalue weighted by atomic mass is 14.9. The van der Waals surface area contributed by atoms with Gasteiger partial charge in [-0.1, -0.05) is 18.2 Å². The van der Waals surface area contributed by atoms with Crippen LogP contribution in [0, 0.1) is 6.92 Å². The van der Waals surface area contributed by atoms with E-state index in [4.69, 9.17) is 5.73 Å². The van der Waals surface area contributed by atoms with E-state index < -0.39 is 6.04 Å². The Morgan fingerprint density at radius 2 is 1.95 bits per heavy atom. The van der Waals surface area contributed by atoms with Crippen molar-refractivity contribution >= 4 is 10.9 Å². The van der Waals surface area contributed by atoms with Crippen molar-refractivity contribution in [1.29, 1.82) is 0 Å². The second kappa shape index (κ2) is 4.70. The van der Waals surface area contributed by atoms with Gasteiger partial charge in [0, 0.05) is 17.8 Å². The number of nitrogens with zero attached hydrogens (tertiary/aromatic N) is 4. The van der Waals surface area contributed by atoms with Crippen molar-refractivity contribution in [1.82, 2.24) is 19.9 Å². The summed E-state index contributed by atoms with van der Waals surface area (Å²) in [5.74, 6) is 0.702. The van der Waals surface area contributed by atoms with E-state index in [1.54, 1.807) is 18.6 Å². The van der Waals surface area contributed by atoms with Gasteiger partial charge in [0.1, 0.15) is 5.82 Å². The van der Waals surface area contributed by atoms with Gasteiger partial charge in [0.25, 0.3) is 0 Å². The molecule has 0 amide bonds. The third-order valence-corrected chi connectivity index (χ3v) is 2.94. The SMILES string of the molecule is Cc1nc(C(N)c2cnccn2)c2ccccc2n1. The summed E-state index contributed by atoms with van der Waals surface area (Å²) in [6, 6.07) is 7.43. The van der Waals surface area contributed by atoms with Gasteiger partial charge in [0.15, 0.2) is 0 Å². The number of rotatable bonds is 2.